The Bertz CT molecular complexity index is 820. The summed E-state index contributed by atoms with van der Waals surface area (Å²) in [6.07, 6.45) is 3.65. The first-order chi connectivity index (χ1) is 10.6. The molecule has 0 fully saturated rings. The molecule has 0 bridgehead atoms. The van der Waals surface area contributed by atoms with Gasteiger partial charge in [0.05, 0.1) is 5.56 Å². The number of hydrogen-bond acceptors (Lipinski definition) is 4. The Balaban J connectivity index is 1.89. The summed E-state index contributed by atoms with van der Waals surface area (Å²) >= 11 is 0. The minimum atomic E-state index is 0.173. The van der Waals surface area contributed by atoms with E-state index in [9.17, 15) is 10.2 Å². The van der Waals surface area contributed by atoms with Crippen LogP contribution < -0.4 is 0 Å². The Labute approximate surface area is 127 Å². The third-order valence-corrected chi connectivity index (χ3v) is 3.24. The van der Waals surface area contributed by atoms with E-state index >= 15 is 0 Å². The number of phenolic OH excluding ortho intramolecular Hbond substituents is 2. The zero-order valence-electron chi connectivity index (χ0n) is 12.0. The Morgan fingerprint density at radius 2 is 1.68 bits per heavy atom. The van der Waals surface area contributed by atoms with Gasteiger partial charge in [-0.05, 0) is 35.9 Å². The van der Waals surface area contributed by atoms with Crippen molar-refractivity contribution in [3.8, 4) is 22.9 Å². The number of benzene rings is 2. The minimum absolute atomic E-state index is 0.173. The summed E-state index contributed by atoms with van der Waals surface area (Å²) in [5.74, 6) is 1.55. The van der Waals surface area contributed by atoms with Crippen LogP contribution in [-0.2, 0) is 7.05 Å². The molecular weight excluding hydrogens is 278 g/mol. The van der Waals surface area contributed by atoms with Crippen LogP contribution in [0.2, 0.25) is 0 Å². The molecule has 0 aliphatic carbocycles. The van der Waals surface area contributed by atoms with Crippen molar-refractivity contribution in [2.75, 3.05) is 0 Å². The van der Waals surface area contributed by atoms with Crippen molar-refractivity contribution < 1.29 is 10.2 Å². The van der Waals surface area contributed by atoms with Crippen LogP contribution in [0.3, 0.4) is 0 Å². The van der Waals surface area contributed by atoms with Gasteiger partial charge in [-0.25, -0.2) is 9.67 Å². The second-order valence-electron chi connectivity index (χ2n) is 4.86. The van der Waals surface area contributed by atoms with E-state index in [-0.39, 0.29) is 11.5 Å². The maximum atomic E-state index is 9.91. The van der Waals surface area contributed by atoms with Crippen molar-refractivity contribution in [2.24, 2.45) is 7.05 Å². The number of aromatic nitrogens is 3. The third kappa shape index (κ3) is 2.83. The van der Waals surface area contributed by atoms with E-state index in [1.165, 1.54) is 0 Å². The molecular formula is C17H15N3O2. The third-order valence-electron chi connectivity index (χ3n) is 3.24. The molecule has 110 valence electrons. The van der Waals surface area contributed by atoms with Gasteiger partial charge >= 0.3 is 0 Å². The molecule has 2 aromatic carbocycles. The molecule has 22 heavy (non-hydrogen) atoms. The average Bonchev–Trinajstić information content (AvgIpc) is 2.88. The highest BCUT2D eigenvalue weighted by molar-refractivity contribution is 5.69. The van der Waals surface area contributed by atoms with E-state index < -0.39 is 0 Å². The van der Waals surface area contributed by atoms with Gasteiger partial charge in [0.2, 0.25) is 0 Å². The Morgan fingerprint density at radius 1 is 0.955 bits per heavy atom. The largest absolute Gasteiger partial charge is 0.508 e. The van der Waals surface area contributed by atoms with E-state index in [0.717, 1.165) is 5.56 Å². The second-order valence-corrected chi connectivity index (χ2v) is 4.86. The molecule has 0 aliphatic rings. The van der Waals surface area contributed by atoms with Gasteiger partial charge in [-0.3, -0.25) is 0 Å². The standard InChI is InChI=1S/C17H15N3O2/c1-20-17(14-4-2-3-5-15(14)22)18-16(19-20)11-8-12-6-9-13(21)10-7-12/h2-11,21-22H,1H3/b11-8+. The first kappa shape index (κ1) is 13.9. The molecule has 1 heterocycles. The quantitative estimate of drug-likeness (QED) is 0.778. The van der Waals surface area contributed by atoms with Crippen molar-refractivity contribution >= 4 is 12.2 Å². The van der Waals surface area contributed by atoms with Crippen LogP contribution in [0.5, 0.6) is 11.5 Å². The van der Waals surface area contributed by atoms with Crippen LogP contribution in [0.4, 0.5) is 0 Å². The summed E-state index contributed by atoms with van der Waals surface area (Å²) in [6.45, 7) is 0. The molecule has 0 saturated heterocycles. The van der Waals surface area contributed by atoms with E-state index in [4.69, 9.17) is 0 Å². The topological polar surface area (TPSA) is 71.2 Å². The normalized spacial score (nSPS) is 11.1. The van der Waals surface area contributed by atoms with Crippen LogP contribution in [0.15, 0.2) is 48.5 Å². The van der Waals surface area contributed by atoms with E-state index in [0.29, 0.717) is 17.2 Å². The van der Waals surface area contributed by atoms with Crippen LogP contribution in [0.1, 0.15) is 11.4 Å². The highest BCUT2D eigenvalue weighted by Gasteiger charge is 2.11. The minimum Gasteiger partial charge on any atom is -0.508 e. The molecule has 2 N–H and O–H groups in total. The number of hydrogen-bond donors (Lipinski definition) is 2. The molecule has 0 atom stereocenters. The molecule has 3 aromatic rings. The summed E-state index contributed by atoms with van der Waals surface area (Å²) < 4.78 is 1.63. The fourth-order valence-electron chi connectivity index (χ4n) is 2.13. The lowest BCUT2D eigenvalue weighted by Crippen LogP contribution is -1.94. The molecule has 5 heteroatoms. The van der Waals surface area contributed by atoms with Crippen LogP contribution in [-0.4, -0.2) is 25.0 Å². The number of para-hydroxylation sites is 1. The lowest BCUT2D eigenvalue weighted by atomic mass is 10.2. The summed E-state index contributed by atoms with van der Waals surface area (Å²) in [4.78, 5) is 4.43. The fraction of sp³-hybridized carbons (Fsp3) is 0.0588. The molecule has 3 rings (SSSR count). The van der Waals surface area contributed by atoms with Gasteiger partial charge in [-0.2, -0.15) is 5.10 Å². The monoisotopic (exact) mass is 293 g/mol. The predicted molar refractivity (Wildman–Crippen MR) is 85.1 cm³/mol. The van der Waals surface area contributed by atoms with Crippen molar-refractivity contribution in [1.82, 2.24) is 14.8 Å². The number of rotatable bonds is 3. The van der Waals surface area contributed by atoms with E-state index in [1.807, 2.05) is 12.1 Å². The average molecular weight is 293 g/mol. The molecule has 0 aliphatic heterocycles. The number of nitrogens with zero attached hydrogens (tertiary/aromatic N) is 3. The maximum absolute atomic E-state index is 9.91. The zero-order chi connectivity index (χ0) is 15.5. The summed E-state index contributed by atoms with van der Waals surface area (Å²) in [6, 6.07) is 13.9. The molecule has 0 unspecified atom stereocenters. The second kappa shape index (κ2) is 5.73. The first-order valence-corrected chi connectivity index (χ1v) is 6.80. The Kier molecular flexibility index (Phi) is 3.62. The van der Waals surface area contributed by atoms with Crippen LogP contribution in [0.25, 0.3) is 23.5 Å². The van der Waals surface area contributed by atoms with Gasteiger partial charge in [0.1, 0.15) is 11.5 Å². The van der Waals surface area contributed by atoms with Gasteiger partial charge < -0.3 is 10.2 Å². The van der Waals surface area contributed by atoms with Gasteiger partial charge in [-0.15, -0.1) is 0 Å². The maximum Gasteiger partial charge on any atom is 0.174 e. The molecule has 0 saturated carbocycles. The zero-order valence-corrected chi connectivity index (χ0v) is 12.0. The van der Waals surface area contributed by atoms with Crippen molar-refractivity contribution in [3.63, 3.8) is 0 Å². The molecule has 0 amide bonds. The van der Waals surface area contributed by atoms with Gasteiger partial charge in [0, 0.05) is 7.05 Å². The SMILES string of the molecule is Cn1nc(/C=C/c2ccc(O)cc2)nc1-c1ccccc1O. The lowest BCUT2D eigenvalue weighted by molar-refractivity contribution is 0.475. The molecule has 5 nitrogen and oxygen atoms in total. The van der Waals surface area contributed by atoms with Crippen molar-refractivity contribution in [2.45, 2.75) is 0 Å². The van der Waals surface area contributed by atoms with Crippen molar-refractivity contribution in [3.05, 3.63) is 59.9 Å². The van der Waals surface area contributed by atoms with Crippen LogP contribution in [0, 0.1) is 0 Å². The summed E-state index contributed by atoms with van der Waals surface area (Å²) in [7, 11) is 1.78. The van der Waals surface area contributed by atoms with E-state index in [1.54, 1.807) is 60.3 Å². The van der Waals surface area contributed by atoms with E-state index in [2.05, 4.69) is 10.1 Å². The summed E-state index contributed by atoms with van der Waals surface area (Å²) in [5.41, 5.74) is 1.58. The van der Waals surface area contributed by atoms with Crippen molar-refractivity contribution in [1.29, 1.82) is 0 Å². The molecule has 0 spiro atoms. The first-order valence-electron chi connectivity index (χ1n) is 6.80. The van der Waals surface area contributed by atoms with Crippen LogP contribution >= 0.6 is 0 Å². The number of phenols is 2. The smallest absolute Gasteiger partial charge is 0.174 e. The Hall–Kier alpha value is -3.08. The number of aromatic hydroxyl groups is 2. The summed E-state index contributed by atoms with van der Waals surface area (Å²) in [5, 5.41) is 23.5. The highest BCUT2D eigenvalue weighted by atomic mass is 16.3. The highest BCUT2D eigenvalue weighted by Crippen LogP contribution is 2.26. The van der Waals surface area contributed by atoms with Gasteiger partial charge in [0.25, 0.3) is 0 Å². The van der Waals surface area contributed by atoms with Gasteiger partial charge in [0.15, 0.2) is 11.6 Å². The molecule has 0 radical (unpaired) electrons. The predicted octanol–water partition coefficient (Wildman–Crippen LogP) is 3.06. The number of aryl methyl sites for hydroxylation is 1. The fourth-order valence-corrected chi connectivity index (χ4v) is 2.13. The van der Waals surface area contributed by atoms with Gasteiger partial charge in [-0.1, -0.05) is 30.3 Å². The molecule has 1 aromatic heterocycles. The lowest BCUT2D eigenvalue weighted by Gasteiger charge is -2.01. The Morgan fingerprint density at radius 3 is 2.41 bits per heavy atom.